The molecule has 0 spiro atoms. The topological polar surface area (TPSA) is 21.3 Å². The Kier molecular flexibility index (Phi) is 5.89. The number of benzene rings is 1. The lowest BCUT2D eigenvalue weighted by Gasteiger charge is -2.19. The fraction of sp³-hybridized carbons (Fsp3) is 0.375. The standard InChI is InChI=1S/C16H20ClNOS/c1-3-18-14(11-15-5-4-8-20-15)10-12-9-13(17)6-7-16(12)19-2/h4-9,14,18H,3,10-11H2,1-2H3. The minimum Gasteiger partial charge on any atom is -0.496 e. The van der Waals surface area contributed by atoms with E-state index in [1.165, 1.54) is 4.88 Å². The van der Waals surface area contributed by atoms with E-state index in [1.807, 2.05) is 18.2 Å². The summed E-state index contributed by atoms with van der Waals surface area (Å²) < 4.78 is 5.43. The Labute approximate surface area is 129 Å². The van der Waals surface area contributed by atoms with Crippen LogP contribution in [0.1, 0.15) is 17.4 Å². The van der Waals surface area contributed by atoms with Gasteiger partial charge in [-0.2, -0.15) is 0 Å². The highest BCUT2D eigenvalue weighted by molar-refractivity contribution is 7.09. The Morgan fingerprint density at radius 1 is 1.30 bits per heavy atom. The molecule has 1 unspecified atom stereocenters. The summed E-state index contributed by atoms with van der Waals surface area (Å²) in [4.78, 5) is 1.40. The Hall–Kier alpha value is -1.03. The third-order valence-electron chi connectivity index (χ3n) is 3.23. The van der Waals surface area contributed by atoms with Crippen LogP contribution in [-0.4, -0.2) is 19.7 Å². The molecule has 2 nitrogen and oxygen atoms in total. The Morgan fingerprint density at radius 3 is 2.80 bits per heavy atom. The lowest BCUT2D eigenvalue weighted by atomic mass is 10.0. The zero-order valence-electron chi connectivity index (χ0n) is 11.9. The van der Waals surface area contributed by atoms with Gasteiger partial charge in [0.2, 0.25) is 0 Å². The third-order valence-corrected chi connectivity index (χ3v) is 4.36. The number of nitrogens with one attached hydrogen (secondary N) is 1. The number of ether oxygens (including phenoxy) is 1. The minimum atomic E-state index is 0.394. The summed E-state index contributed by atoms with van der Waals surface area (Å²) in [5.74, 6) is 0.906. The highest BCUT2D eigenvalue weighted by Crippen LogP contribution is 2.25. The predicted molar refractivity (Wildman–Crippen MR) is 87.2 cm³/mol. The first-order valence-electron chi connectivity index (χ1n) is 6.81. The van der Waals surface area contributed by atoms with Crippen LogP contribution in [0, 0.1) is 0 Å². The number of methoxy groups -OCH3 is 1. The Morgan fingerprint density at radius 2 is 2.15 bits per heavy atom. The summed E-state index contributed by atoms with van der Waals surface area (Å²) in [6.07, 6.45) is 1.94. The normalized spacial score (nSPS) is 12.3. The van der Waals surface area contributed by atoms with Crippen LogP contribution in [0.15, 0.2) is 35.7 Å². The average Bonchev–Trinajstić information content (AvgIpc) is 2.92. The van der Waals surface area contributed by atoms with Crippen LogP contribution in [0.25, 0.3) is 0 Å². The van der Waals surface area contributed by atoms with Gasteiger partial charge in [-0.25, -0.2) is 0 Å². The monoisotopic (exact) mass is 309 g/mol. The van der Waals surface area contributed by atoms with Crippen molar-refractivity contribution in [1.82, 2.24) is 5.32 Å². The van der Waals surface area contributed by atoms with Gasteiger partial charge < -0.3 is 10.1 Å². The third kappa shape index (κ3) is 4.23. The number of hydrogen-bond acceptors (Lipinski definition) is 3. The molecular weight excluding hydrogens is 290 g/mol. The second-order valence-corrected chi connectivity index (χ2v) is 6.17. The van der Waals surface area contributed by atoms with Crippen LogP contribution in [0.5, 0.6) is 5.75 Å². The molecule has 20 heavy (non-hydrogen) atoms. The molecule has 0 saturated heterocycles. The van der Waals surface area contributed by atoms with Crippen molar-refractivity contribution in [2.45, 2.75) is 25.8 Å². The van der Waals surface area contributed by atoms with Crippen molar-refractivity contribution < 1.29 is 4.74 Å². The summed E-state index contributed by atoms with van der Waals surface area (Å²) in [7, 11) is 1.70. The molecule has 0 amide bonds. The molecule has 1 aromatic carbocycles. The predicted octanol–water partition coefficient (Wildman–Crippen LogP) is 4.17. The quantitative estimate of drug-likeness (QED) is 0.828. The van der Waals surface area contributed by atoms with Gasteiger partial charge in [-0.05, 0) is 54.6 Å². The van der Waals surface area contributed by atoms with Crippen molar-refractivity contribution in [1.29, 1.82) is 0 Å². The van der Waals surface area contributed by atoms with Crippen molar-refractivity contribution in [3.05, 3.63) is 51.2 Å². The fourth-order valence-corrected chi connectivity index (χ4v) is 3.33. The molecule has 1 atom stereocenters. The lowest BCUT2D eigenvalue weighted by Crippen LogP contribution is -2.32. The molecule has 0 fully saturated rings. The van der Waals surface area contributed by atoms with E-state index in [2.05, 4.69) is 29.8 Å². The number of rotatable bonds is 7. The molecule has 0 bridgehead atoms. The van der Waals surface area contributed by atoms with Gasteiger partial charge in [0, 0.05) is 15.9 Å². The number of thiophene rings is 1. The highest BCUT2D eigenvalue weighted by Gasteiger charge is 2.13. The smallest absolute Gasteiger partial charge is 0.122 e. The summed E-state index contributed by atoms with van der Waals surface area (Å²) in [6.45, 7) is 3.09. The van der Waals surface area contributed by atoms with Crippen LogP contribution >= 0.6 is 22.9 Å². The molecule has 0 aliphatic carbocycles. The van der Waals surface area contributed by atoms with Crippen LogP contribution in [-0.2, 0) is 12.8 Å². The zero-order chi connectivity index (χ0) is 14.4. The fourth-order valence-electron chi connectivity index (χ4n) is 2.35. The van der Waals surface area contributed by atoms with E-state index in [-0.39, 0.29) is 0 Å². The zero-order valence-corrected chi connectivity index (χ0v) is 13.4. The first-order chi connectivity index (χ1) is 9.72. The van der Waals surface area contributed by atoms with Crippen LogP contribution in [0.2, 0.25) is 5.02 Å². The van der Waals surface area contributed by atoms with Crippen LogP contribution in [0.3, 0.4) is 0 Å². The second kappa shape index (κ2) is 7.67. The van der Waals surface area contributed by atoms with Crippen molar-refractivity contribution in [2.24, 2.45) is 0 Å². The molecule has 2 aromatic rings. The molecule has 1 heterocycles. The molecule has 0 radical (unpaired) electrons. The summed E-state index contributed by atoms with van der Waals surface area (Å²) in [5, 5.41) is 6.43. The van der Waals surface area contributed by atoms with Gasteiger partial charge in [-0.3, -0.25) is 0 Å². The SMILES string of the molecule is CCNC(Cc1cccs1)Cc1cc(Cl)ccc1OC. The van der Waals surface area contributed by atoms with E-state index >= 15 is 0 Å². The molecule has 0 aliphatic rings. The van der Waals surface area contributed by atoms with E-state index in [4.69, 9.17) is 16.3 Å². The van der Waals surface area contributed by atoms with Gasteiger partial charge in [-0.15, -0.1) is 11.3 Å². The van der Waals surface area contributed by atoms with Gasteiger partial charge in [-0.1, -0.05) is 24.6 Å². The van der Waals surface area contributed by atoms with E-state index in [0.717, 1.165) is 35.7 Å². The second-order valence-electron chi connectivity index (χ2n) is 4.70. The highest BCUT2D eigenvalue weighted by atomic mass is 35.5. The molecule has 0 saturated carbocycles. The summed E-state index contributed by atoms with van der Waals surface area (Å²) in [5.41, 5.74) is 1.16. The maximum absolute atomic E-state index is 6.10. The van der Waals surface area contributed by atoms with E-state index < -0.39 is 0 Å². The Bertz CT molecular complexity index is 527. The molecule has 2 rings (SSSR count). The molecule has 1 aromatic heterocycles. The largest absolute Gasteiger partial charge is 0.496 e. The van der Waals surface area contributed by atoms with Gasteiger partial charge in [0.05, 0.1) is 7.11 Å². The van der Waals surface area contributed by atoms with Crippen molar-refractivity contribution >= 4 is 22.9 Å². The lowest BCUT2D eigenvalue weighted by molar-refractivity contribution is 0.405. The maximum atomic E-state index is 6.10. The Balaban J connectivity index is 2.12. The average molecular weight is 310 g/mol. The molecular formula is C16H20ClNOS. The molecule has 1 N–H and O–H groups in total. The number of likely N-dealkylation sites (N-methyl/N-ethyl adjacent to an activating group) is 1. The molecule has 4 heteroatoms. The van der Waals surface area contributed by atoms with Gasteiger partial charge in [0.25, 0.3) is 0 Å². The first-order valence-corrected chi connectivity index (χ1v) is 8.07. The van der Waals surface area contributed by atoms with E-state index in [1.54, 1.807) is 18.4 Å². The van der Waals surface area contributed by atoms with Gasteiger partial charge >= 0.3 is 0 Å². The number of hydrogen-bond donors (Lipinski definition) is 1. The summed E-state index contributed by atoms with van der Waals surface area (Å²) in [6, 6.07) is 10.5. The van der Waals surface area contributed by atoms with Crippen molar-refractivity contribution in [3.8, 4) is 5.75 Å². The van der Waals surface area contributed by atoms with Gasteiger partial charge in [0.15, 0.2) is 0 Å². The summed E-state index contributed by atoms with van der Waals surface area (Å²) >= 11 is 7.91. The van der Waals surface area contributed by atoms with Crippen LogP contribution < -0.4 is 10.1 Å². The van der Waals surface area contributed by atoms with Crippen molar-refractivity contribution in [3.63, 3.8) is 0 Å². The first kappa shape index (κ1) is 15.4. The van der Waals surface area contributed by atoms with E-state index in [9.17, 15) is 0 Å². The number of halogens is 1. The molecule has 0 aliphatic heterocycles. The van der Waals surface area contributed by atoms with Crippen molar-refractivity contribution in [2.75, 3.05) is 13.7 Å². The maximum Gasteiger partial charge on any atom is 0.122 e. The minimum absolute atomic E-state index is 0.394. The molecule has 108 valence electrons. The van der Waals surface area contributed by atoms with E-state index in [0.29, 0.717) is 6.04 Å². The van der Waals surface area contributed by atoms with Gasteiger partial charge in [0.1, 0.15) is 5.75 Å². The van der Waals surface area contributed by atoms with Crippen LogP contribution in [0.4, 0.5) is 0 Å².